The number of nitrogens with two attached hydrogens (primary N) is 1. The lowest BCUT2D eigenvalue weighted by atomic mass is 9.92. The van der Waals surface area contributed by atoms with Crippen LogP contribution in [-0.2, 0) is 5.41 Å². The first kappa shape index (κ1) is 27.1. The maximum absolute atomic E-state index is 13.0. The zero-order chi connectivity index (χ0) is 29.1. The number of pyridine rings is 2. The summed E-state index contributed by atoms with van der Waals surface area (Å²) in [7, 11) is 1.54. The number of aromatic nitrogens is 4. The van der Waals surface area contributed by atoms with Gasteiger partial charge in [0.2, 0.25) is 0 Å². The molecule has 0 spiro atoms. The Morgan fingerprint density at radius 1 is 0.902 bits per heavy atom. The van der Waals surface area contributed by atoms with Crippen molar-refractivity contribution in [1.82, 2.24) is 25.1 Å². The Kier molecular flexibility index (Phi) is 7.26. The number of nitrogen functional groups attached to an aromatic ring is 1. The van der Waals surface area contributed by atoms with Crippen LogP contribution in [0.1, 0.15) is 37.0 Å². The Balaban J connectivity index is 1.32. The third kappa shape index (κ3) is 6.25. The zero-order valence-electron chi connectivity index (χ0n) is 23.1. The molecule has 208 valence electrons. The van der Waals surface area contributed by atoms with Gasteiger partial charge in [-0.2, -0.15) is 5.10 Å². The van der Waals surface area contributed by atoms with E-state index in [4.69, 9.17) is 15.6 Å². The van der Waals surface area contributed by atoms with Gasteiger partial charge in [-0.15, -0.1) is 0 Å². The summed E-state index contributed by atoms with van der Waals surface area (Å²) in [6.45, 7) is 6.18. The highest BCUT2D eigenvalue weighted by molar-refractivity contribution is 5.99. The van der Waals surface area contributed by atoms with E-state index in [2.05, 4.69) is 46.7 Å². The number of fused-ring (bicyclic) bond motifs is 1. The van der Waals surface area contributed by atoms with Crippen molar-refractivity contribution in [1.29, 1.82) is 0 Å². The first-order valence-corrected chi connectivity index (χ1v) is 12.9. The minimum Gasteiger partial charge on any atom is -0.457 e. The molecular formula is C30H30N8O3. The summed E-state index contributed by atoms with van der Waals surface area (Å²) in [5.41, 5.74) is 8.76. The van der Waals surface area contributed by atoms with Gasteiger partial charge in [-0.05, 0) is 60.7 Å². The van der Waals surface area contributed by atoms with Gasteiger partial charge in [0, 0.05) is 41.9 Å². The second-order valence-corrected chi connectivity index (χ2v) is 10.4. The molecular weight excluding hydrogens is 520 g/mol. The number of urea groups is 1. The minimum absolute atomic E-state index is 0.239. The number of nitrogens with zero attached hydrogens (tertiary/aromatic N) is 4. The van der Waals surface area contributed by atoms with E-state index in [1.807, 2.05) is 30.3 Å². The number of rotatable bonds is 6. The zero-order valence-corrected chi connectivity index (χ0v) is 23.1. The van der Waals surface area contributed by atoms with Gasteiger partial charge >= 0.3 is 6.03 Å². The van der Waals surface area contributed by atoms with Crippen molar-refractivity contribution in [3.8, 4) is 17.2 Å². The second kappa shape index (κ2) is 11.0. The van der Waals surface area contributed by atoms with E-state index >= 15 is 0 Å². The van der Waals surface area contributed by atoms with Crippen LogP contribution in [0, 0.1) is 0 Å². The third-order valence-electron chi connectivity index (χ3n) is 6.20. The van der Waals surface area contributed by atoms with Gasteiger partial charge in [0.05, 0.1) is 16.9 Å². The van der Waals surface area contributed by atoms with E-state index in [-0.39, 0.29) is 17.0 Å². The van der Waals surface area contributed by atoms with E-state index in [9.17, 15) is 9.59 Å². The van der Waals surface area contributed by atoms with E-state index in [1.54, 1.807) is 47.1 Å². The smallest absolute Gasteiger partial charge is 0.324 e. The van der Waals surface area contributed by atoms with Crippen LogP contribution in [0.3, 0.4) is 0 Å². The predicted octanol–water partition coefficient (Wildman–Crippen LogP) is 5.49. The second-order valence-electron chi connectivity index (χ2n) is 10.4. The molecule has 3 aromatic heterocycles. The normalized spacial score (nSPS) is 11.2. The highest BCUT2D eigenvalue weighted by Crippen LogP contribution is 2.28. The number of hydrogen-bond acceptors (Lipinski definition) is 7. The Labute approximate surface area is 236 Å². The summed E-state index contributed by atoms with van der Waals surface area (Å²) in [6.07, 6.45) is 1.50. The number of hydrogen-bond donors (Lipinski definition) is 4. The van der Waals surface area contributed by atoms with Crippen LogP contribution in [0.25, 0.3) is 16.6 Å². The fourth-order valence-corrected chi connectivity index (χ4v) is 4.04. The van der Waals surface area contributed by atoms with Crippen molar-refractivity contribution >= 4 is 40.2 Å². The summed E-state index contributed by atoms with van der Waals surface area (Å²) < 4.78 is 7.54. The molecule has 5 aromatic rings. The molecule has 41 heavy (non-hydrogen) atoms. The Morgan fingerprint density at radius 3 is 2.41 bits per heavy atom. The van der Waals surface area contributed by atoms with Gasteiger partial charge in [-0.1, -0.05) is 20.8 Å². The molecule has 0 unspecified atom stereocenters. The quantitative estimate of drug-likeness (QED) is 0.218. The number of carbonyl (C=O) groups excluding carboxylic acids is 2. The molecule has 0 aliphatic carbocycles. The lowest BCUT2D eigenvalue weighted by Gasteiger charge is -2.14. The fraction of sp³-hybridized carbons (Fsp3) is 0.167. The molecule has 0 aliphatic heterocycles. The summed E-state index contributed by atoms with van der Waals surface area (Å²) in [6, 6.07) is 20.9. The summed E-state index contributed by atoms with van der Waals surface area (Å²) >= 11 is 0. The molecule has 0 saturated heterocycles. The Bertz CT molecular complexity index is 1740. The molecule has 5 rings (SSSR count). The average molecular weight is 551 g/mol. The van der Waals surface area contributed by atoms with Gasteiger partial charge in [0.15, 0.2) is 0 Å². The van der Waals surface area contributed by atoms with Crippen molar-refractivity contribution in [2.75, 3.05) is 23.4 Å². The van der Waals surface area contributed by atoms with E-state index in [0.29, 0.717) is 28.8 Å². The van der Waals surface area contributed by atoms with Crippen LogP contribution < -0.4 is 26.4 Å². The van der Waals surface area contributed by atoms with E-state index in [1.165, 1.54) is 13.2 Å². The van der Waals surface area contributed by atoms with Crippen LogP contribution in [0.2, 0.25) is 0 Å². The average Bonchev–Trinajstić information content (AvgIpc) is 3.38. The molecule has 11 heteroatoms. The summed E-state index contributed by atoms with van der Waals surface area (Å²) in [5, 5.41) is 14.0. The maximum atomic E-state index is 13.0. The first-order valence-electron chi connectivity index (χ1n) is 12.9. The van der Waals surface area contributed by atoms with Crippen LogP contribution in [-0.4, -0.2) is 38.7 Å². The number of carbonyl (C=O) groups is 2. The monoisotopic (exact) mass is 550 g/mol. The highest BCUT2D eigenvalue weighted by Gasteiger charge is 2.22. The standard InChI is InChI=1S/C30H30N8O3/c1-30(2,3)25-17-27(38(37-25)20-8-11-23-18(15-20)5-12-26(31)35-23)36-29(40)34-19-6-9-21(10-7-19)41-22-13-14-33-24(16-22)28(39)32-4/h5-17H,1-4H3,(H2,31,35)(H,32,39)(H2,34,36,40). The topological polar surface area (TPSA) is 149 Å². The molecule has 0 atom stereocenters. The van der Waals surface area contributed by atoms with Crippen LogP contribution in [0.5, 0.6) is 11.5 Å². The molecule has 0 aliphatic rings. The third-order valence-corrected chi connectivity index (χ3v) is 6.20. The number of nitrogens with one attached hydrogen (secondary N) is 3. The van der Waals surface area contributed by atoms with Crippen molar-refractivity contribution in [3.63, 3.8) is 0 Å². The molecule has 11 nitrogen and oxygen atoms in total. The van der Waals surface area contributed by atoms with Crippen LogP contribution >= 0.6 is 0 Å². The molecule has 0 fully saturated rings. The van der Waals surface area contributed by atoms with Crippen molar-refractivity contribution in [2.45, 2.75) is 26.2 Å². The number of ether oxygens (including phenoxy) is 1. The van der Waals surface area contributed by atoms with E-state index < -0.39 is 6.03 Å². The molecule has 0 saturated carbocycles. The van der Waals surface area contributed by atoms with Crippen LogP contribution in [0.15, 0.2) is 79.0 Å². The molecule has 3 heterocycles. The van der Waals surface area contributed by atoms with Crippen LogP contribution in [0.4, 0.5) is 22.1 Å². The van der Waals surface area contributed by atoms with E-state index in [0.717, 1.165) is 22.3 Å². The lowest BCUT2D eigenvalue weighted by molar-refractivity contribution is 0.0957. The Hall–Kier alpha value is -5.45. The van der Waals surface area contributed by atoms with Crippen molar-refractivity contribution in [3.05, 3.63) is 90.4 Å². The Morgan fingerprint density at radius 2 is 1.68 bits per heavy atom. The number of benzene rings is 2. The fourth-order valence-electron chi connectivity index (χ4n) is 4.04. The van der Waals surface area contributed by atoms with Gasteiger partial charge in [0.25, 0.3) is 5.91 Å². The number of anilines is 3. The van der Waals surface area contributed by atoms with Gasteiger partial charge < -0.3 is 21.1 Å². The minimum atomic E-state index is -0.431. The largest absolute Gasteiger partial charge is 0.457 e. The van der Waals surface area contributed by atoms with Gasteiger partial charge in [-0.3, -0.25) is 15.1 Å². The first-order chi connectivity index (χ1) is 19.6. The lowest BCUT2D eigenvalue weighted by Crippen LogP contribution is -2.21. The van der Waals surface area contributed by atoms with Gasteiger partial charge in [0.1, 0.15) is 28.8 Å². The SMILES string of the molecule is CNC(=O)c1cc(Oc2ccc(NC(=O)Nc3cc(C(C)(C)C)nn3-c3ccc4nc(N)ccc4c3)cc2)ccn1. The summed E-state index contributed by atoms with van der Waals surface area (Å²) in [5.74, 6) is 1.66. The molecule has 0 bridgehead atoms. The maximum Gasteiger partial charge on any atom is 0.324 e. The van der Waals surface area contributed by atoms with Gasteiger partial charge in [-0.25, -0.2) is 14.5 Å². The molecule has 2 aromatic carbocycles. The number of amides is 3. The molecule has 5 N–H and O–H groups in total. The summed E-state index contributed by atoms with van der Waals surface area (Å²) in [4.78, 5) is 33.2. The predicted molar refractivity (Wildman–Crippen MR) is 159 cm³/mol. The molecule has 0 radical (unpaired) electrons. The van der Waals surface area contributed by atoms with Crippen molar-refractivity contribution in [2.24, 2.45) is 0 Å². The highest BCUT2D eigenvalue weighted by atomic mass is 16.5. The van der Waals surface area contributed by atoms with Crippen molar-refractivity contribution < 1.29 is 14.3 Å². The molecule has 3 amide bonds.